The molecule has 0 aliphatic carbocycles. The number of rotatable bonds is 6. The number of hydrogen-bond acceptors (Lipinski definition) is 4. The number of nitrogens with one attached hydrogen (secondary N) is 1. The van der Waals surface area contributed by atoms with E-state index in [1.165, 1.54) is 4.68 Å². The van der Waals surface area contributed by atoms with Gasteiger partial charge in [0.2, 0.25) is 0 Å². The Labute approximate surface area is 157 Å². The minimum Gasteiger partial charge on any atom is -0.494 e. The standard InChI is InChI=1S/C21H23N3O3/c1-4-27-16-11-9-15(10-12-16)22-20(25)19-17-7-5-6-8-18(17)21(26)24(23-19)13-14(2)3/h5-12,14H,4,13H2,1-3H3,(H,22,25). The van der Waals surface area contributed by atoms with Gasteiger partial charge in [-0.15, -0.1) is 0 Å². The molecule has 0 saturated carbocycles. The molecule has 0 atom stereocenters. The number of hydrogen-bond donors (Lipinski definition) is 1. The minimum atomic E-state index is -0.354. The van der Waals surface area contributed by atoms with Crippen LogP contribution in [0.4, 0.5) is 5.69 Å². The number of amides is 1. The van der Waals surface area contributed by atoms with Crippen LogP contribution in [0.3, 0.4) is 0 Å². The van der Waals surface area contributed by atoms with Crippen LogP contribution in [0.5, 0.6) is 5.75 Å². The summed E-state index contributed by atoms with van der Waals surface area (Å²) in [6, 6.07) is 14.2. The van der Waals surface area contributed by atoms with Gasteiger partial charge in [0, 0.05) is 17.6 Å². The summed E-state index contributed by atoms with van der Waals surface area (Å²) in [7, 11) is 0. The first-order valence-electron chi connectivity index (χ1n) is 9.03. The van der Waals surface area contributed by atoms with Crippen LogP contribution in [0.1, 0.15) is 31.3 Å². The Balaban J connectivity index is 1.98. The number of benzene rings is 2. The molecule has 27 heavy (non-hydrogen) atoms. The van der Waals surface area contributed by atoms with Crippen molar-refractivity contribution in [1.82, 2.24) is 9.78 Å². The van der Waals surface area contributed by atoms with E-state index in [0.29, 0.717) is 29.6 Å². The SMILES string of the molecule is CCOc1ccc(NC(=O)c2nn(CC(C)C)c(=O)c3ccccc23)cc1. The largest absolute Gasteiger partial charge is 0.494 e. The molecular weight excluding hydrogens is 342 g/mol. The third-order valence-corrected chi connectivity index (χ3v) is 4.04. The highest BCUT2D eigenvalue weighted by Crippen LogP contribution is 2.18. The topological polar surface area (TPSA) is 73.2 Å². The summed E-state index contributed by atoms with van der Waals surface area (Å²) in [5, 5.41) is 8.24. The Morgan fingerprint density at radius 1 is 1.11 bits per heavy atom. The number of aromatic nitrogens is 2. The lowest BCUT2D eigenvalue weighted by Crippen LogP contribution is -2.29. The van der Waals surface area contributed by atoms with E-state index >= 15 is 0 Å². The third-order valence-electron chi connectivity index (χ3n) is 4.04. The fraction of sp³-hybridized carbons (Fsp3) is 0.286. The lowest BCUT2D eigenvalue weighted by Gasteiger charge is -2.13. The van der Waals surface area contributed by atoms with Crippen LogP contribution < -0.4 is 15.6 Å². The zero-order chi connectivity index (χ0) is 19.4. The van der Waals surface area contributed by atoms with Gasteiger partial charge in [-0.25, -0.2) is 4.68 Å². The summed E-state index contributed by atoms with van der Waals surface area (Å²) in [5.74, 6) is 0.621. The van der Waals surface area contributed by atoms with Crippen molar-refractivity contribution in [3.8, 4) is 5.75 Å². The highest BCUT2D eigenvalue weighted by Gasteiger charge is 2.17. The number of fused-ring (bicyclic) bond motifs is 1. The normalized spacial score (nSPS) is 11.0. The lowest BCUT2D eigenvalue weighted by atomic mass is 10.1. The van der Waals surface area contributed by atoms with E-state index in [-0.39, 0.29) is 23.1 Å². The monoisotopic (exact) mass is 365 g/mol. The predicted molar refractivity (Wildman–Crippen MR) is 106 cm³/mol. The fourth-order valence-electron chi connectivity index (χ4n) is 2.86. The van der Waals surface area contributed by atoms with Gasteiger partial charge in [0.25, 0.3) is 11.5 Å². The quantitative estimate of drug-likeness (QED) is 0.723. The van der Waals surface area contributed by atoms with Crippen LogP contribution in [-0.4, -0.2) is 22.3 Å². The second-order valence-corrected chi connectivity index (χ2v) is 6.69. The number of carbonyl (C=O) groups excluding carboxylic acids is 1. The molecule has 0 spiro atoms. The van der Waals surface area contributed by atoms with Crippen LogP contribution in [-0.2, 0) is 6.54 Å². The van der Waals surface area contributed by atoms with E-state index < -0.39 is 0 Å². The zero-order valence-corrected chi connectivity index (χ0v) is 15.7. The summed E-state index contributed by atoms with van der Waals surface area (Å²) >= 11 is 0. The number of nitrogens with zero attached hydrogens (tertiary/aromatic N) is 2. The predicted octanol–water partition coefficient (Wildman–Crippen LogP) is 3.70. The molecule has 2 aromatic carbocycles. The van der Waals surface area contributed by atoms with E-state index in [1.54, 1.807) is 48.5 Å². The molecule has 0 saturated heterocycles. The molecule has 0 fully saturated rings. The van der Waals surface area contributed by atoms with E-state index in [9.17, 15) is 9.59 Å². The molecule has 0 radical (unpaired) electrons. The van der Waals surface area contributed by atoms with Gasteiger partial charge in [-0.3, -0.25) is 9.59 Å². The lowest BCUT2D eigenvalue weighted by molar-refractivity contribution is 0.102. The van der Waals surface area contributed by atoms with Gasteiger partial charge in [-0.1, -0.05) is 32.0 Å². The maximum absolute atomic E-state index is 12.9. The number of anilines is 1. The van der Waals surface area contributed by atoms with Crippen molar-refractivity contribution in [2.75, 3.05) is 11.9 Å². The molecule has 1 heterocycles. The molecule has 6 nitrogen and oxygen atoms in total. The van der Waals surface area contributed by atoms with Crippen molar-refractivity contribution < 1.29 is 9.53 Å². The number of carbonyl (C=O) groups is 1. The summed E-state index contributed by atoms with van der Waals surface area (Å²) in [6.07, 6.45) is 0. The fourth-order valence-corrected chi connectivity index (χ4v) is 2.86. The van der Waals surface area contributed by atoms with Gasteiger partial charge in [-0.2, -0.15) is 5.10 Å². The molecule has 3 aromatic rings. The Hall–Kier alpha value is -3.15. The Bertz CT molecular complexity index is 1010. The zero-order valence-electron chi connectivity index (χ0n) is 15.7. The van der Waals surface area contributed by atoms with Gasteiger partial charge in [0.15, 0.2) is 5.69 Å². The van der Waals surface area contributed by atoms with Gasteiger partial charge in [0.05, 0.1) is 12.0 Å². The van der Waals surface area contributed by atoms with Crippen LogP contribution in [0.25, 0.3) is 10.8 Å². The van der Waals surface area contributed by atoms with Crippen molar-refractivity contribution in [2.45, 2.75) is 27.3 Å². The van der Waals surface area contributed by atoms with Crippen molar-refractivity contribution in [1.29, 1.82) is 0 Å². The Kier molecular flexibility index (Phi) is 5.54. The average molecular weight is 365 g/mol. The molecule has 3 rings (SSSR count). The first-order valence-corrected chi connectivity index (χ1v) is 9.03. The van der Waals surface area contributed by atoms with Gasteiger partial charge in [-0.05, 0) is 43.2 Å². The van der Waals surface area contributed by atoms with Crippen molar-refractivity contribution in [2.24, 2.45) is 5.92 Å². The van der Waals surface area contributed by atoms with Crippen molar-refractivity contribution >= 4 is 22.4 Å². The van der Waals surface area contributed by atoms with Crippen LogP contribution in [0.15, 0.2) is 53.3 Å². The van der Waals surface area contributed by atoms with Gasteiger partial charge < -0.3 is 10.1 Å². The van der Waals surface area contributed by atoms with E-state index in [2.05, 4.69) is 10.4 Å². The molecule has 1 N–H and O–H groups in total. The molecule has 1 aromatic heterocycles. The minimum absolute atomic E-state index is 0.183. The molecule has 6 heteroatoms. The maximum atomic E-state index is 12.9. The molecule has 140 valence electrons. The molecule has 0 aliphatic rings. The second kappa shape index (κ2) is 8.03. The average Bonchev–Trinajstić information content (AvgIpc) is 2.65. The van der Waals surface area contributed by atoms with Crippen LogP contribution in [0.2, 0.25) is 0 Å². The first-order chi connectivity index (χ1) is 13.0. The summed E-state index contributed by atoms with van der Waals surface area (Å²) in [5.41, 5.74) is 0.688. The molecule has 0 aliphatic heterocycles. The van der Waals surface area contributed by atoms with Crippen LogP contribution >= 0.6 is 0 Å². The van der Waals surface area contributed by atoms with Crippen molar-refractivity contribution in [3.63, 3.8) is 0 Å². The molecular formula is C21H23N3O3. The highest BCUT2D eigenvalue weighted by atomic mass is 16.5. The molecule has 1 amide bonds. The maximum Gasteiger partial charge on any atom is 0.276 e. The Morgan fingerprint density at radius 3 is 2.41 bits per heavy atom. The molecule has 0 unspecified atom stereocenters. The number of ether oxygens (including phenoxy) is 1. The first kappa shape index (κ1) is 18.6. The third kappa shape index (κ3) is 4.16. The van der Waals surface area contributed by atoms with Crippen molar-refractivity contribution in [3.05, 3.63) is 64.6 Å². The van der Waals surface area contributed by atoms with Gasteiger partial charge in [0.1, 0.15) is 5.75 Å². The van der Waals surface area contributed by atoms with E-state index in [0.717, 1.165) is 5.75 Å². The van der Waals surface area contributed by atoms with Crippen LogP contribution in [0, 0.1) is 5.92 Å². The highest BCUT2D eigenvalue weighted by molar-refractivity contribution is 6.11. The second-order valence-electron chi connectivity index (χ2n) is 6.69. The smallest absolute Gasteiger partial charge is 0.276 e. The van der Waals surface area contributed by atoms with E-state index in [4.69, 9.17) is 4.74 Å². The molecule has 0 bridgehead atoms. The Morgan fingerprint density at radius 2 is 1.78 bits per heavy atom. The summed E-state index contributed by atoms with van der Waals surface area (Å²) in [6.45, 7) is 6.95. The summed E-state index contributed by atoms with van der Waals surface area (Å²) in [4.78, 5) is 25.5. The summed E-state index contributed by atoms with van der Waals surface area (Å²) < 4.78 is 6.79. The van der Waals surface area contributed by atoms with E-state index in [1.807, 2.05) is 20.8 Å². The van der Waals surface area contributed by atoms with Gasteiger partial charge >= 0.3 is 0 Å².